The maximum absolute atomic E-state index is 13.4. The minimum Gasteiger partial charge on any atom is -0.454 e. The molecule has 0 bridgehead atoms. The number of carbonyl (C=O) groups is 3. The van der Waals surface area contributed by atoms with E-state index < -0.39 is 30.6 Å². The van der Waals surface area contributed by atoms with E-state index in [4.69, 9.17) is 14.2 Å². The highest BCUT2D eigenvalue weighted by Gasteiger charge is 2.22. The molecule has 2 amide bonds. The molecule has 1 heterocycles. The summed E-state index contributed by atoms with van der Waals surface area (Å²) in [5, 5.41) is 14.3. The van der Waals surface area contributed by atoms with E-state index in [1.165, 1.54) is 5.57 Å². The molecular formula is C41H60N2O7. The van der Waals surface area contributed by atoms with Gasteiger partial charge in [-0.2, -0.15) is 0 Å². The Balaban J connectivity index is 3.39. The Bertz CT molecular complexity index is 1360. The Hall–Kier alpha value is -4.05. The van der Waals surface area contributed by atoms with Crippen molar-refractivity contribution in [1.29, 1.82) is 0 Å². The number of carbonyl (C=O) groups excluding carboxylic acids is 3. The zero-order valence-electron chi connectivity index (χ0n) is 31.5. The molecule has 1 rings (SSSR count). The number of aliphatic hydroxyl groups excluding tert-OH is 1. The van der Waals surface area contributed by atoms with Crippen molar-refractivity contribution in [2.75, 3.05) is 27.4 Å². The van der Waals surface area contributed by atoms with Gasteiger partial charge >= 0.3 is 5.97 Å². The van der Waals surface area contributed by atoms with E-state index in [1.807, 2.05) is 89.3 Å². The summed E-state index contributed by atoms with van der Waals surface area (Å²) in [7, 11) is 3.42. The van der Waals surface area contributed by atoms with Crippen LogP contribution in [0.4, 0.5) is 0 Å². The van der Waals surface area contributed by atoms with Gasteiger partial charge in [0.1, 0.15) is 12.1 Å². The number of cyclic esters (lactones) is 1. The van der Waals surface area contributed by atoms with Crippen LogP contribution in [0, 0.1) is 11.8 Å². The molecule has 0 aromatic heterocycles. The lowest BCUT2D eigenvalue weighted by Gasteiger charge is -2.23. The zero-order chi connectivity index (χ0) is 37.5. The fourth-order valence-electron chi connectivity index (χ4n) is 5.05. The van der Waals surface area contributed by atoms with Crippen molar-refractivity contribution >= 4 is 18.3 Å². The van der Waals surface area contributed by atoms with Gasteiger partial charge in [-0.05, 0) is 65.4 Å². The molecule has 1 aliphatic heterocycles. The highest BCUT2D eigenvalue weighted by molar-refractivity contribution is 5.88. The number of rotatable bonds is 10. The number of ether oxygens (including phenoxy) is 3. The first-order valence-electron chi connectivity index (χ1n) is 17.3. The molecule has 0 fully saturated rings. The first kappa shape index (κ1) is 44.0. The molecule has 5 unspecified atom stereocenters. The van der Waals surface area contributed by atoms with Crippen molar-refractivity contribution in [3.63, 3.8) is 0 Å². The zero-order valence-corrected chi connectivity index (χ0v) is 31.5. The number of amides is 2. The third kappa shape index (κ3) is 18.1. The third-order valence-corrected chi connectivity index (χ3v) is 8.17. The molecule has 6 atom stereocenters. The van der Waals surface area contributed by atoms with Crippen molar-refractivity contribution in [3.8, 4) is 0 Å². The van der Waals surface area contributed by atoms with E-state index >= 15 is 0 Å². The van der Waals surface area contributed by atoms with Crippen molar-refractivity contribution in [2.24, 2.45) is 11.8 Å². The maximum Gasteiger partial charge on any atom is 0.334 e. The Morgan fingerprint density at radius 2 is 1.70 bits per heavy atom. The van der Waals surface area contributed by atoms with E-state index in [2.05, 4.69) is 41.9 Å². The fraction of sp³-hybridized carbons (Fsp3) is 0.488. The number of hydrogen-bond acceptors (Lipinski definition) is 7. The summed E-state index contributed by atoms with van der Waals surface area (Å²) < 4.78 is 17.5. The van der Waals surface area contributed by atoms with Crippen LogP contribution in [0.1, 0.15) is 67.7 Å². The van der Waals surface area contributed by atoms with E-state index in [0.29, 0.717) is 12.0 Å². The third-order valence-electron chi connectivity index (χ3n) is 8.17. The van der Waals surface area contributed by atoms with Gasteiger partial charge in [-0.1, -0.05) is 110 Å². The van der Waals surface area contributed by atoms with E-state index in [1.54, 1.807) is 21.1 Å². The van der Waals surface area contributed by atoms with Crippen LogP contribution in [0.25, 0.3) is 0 Å². The SMILES string of the molecule is COC1/C=C(C)/C=C/C(C)/C=C(\C)C(=O)OC(/C(C)=C/C=C(\C)CNC(=O)[C@H](CO)NC=O)C(C)/C=C/C=C/C(OC)CC/C=C(C)/C=C/C1. The first-order valence-corrected chi connectivity index (χ1v) is 17.3. The quantitative estimate of drug-likeness (QED) is 0.135. The predicted octanol–water partition coefficient (Wildman–Crippen LogP) is 6.56. The summed E-state index contributed by atoms with van der Waals surface area (Å²) in [6.07, 6.45) is 28.4. The van der Waals surface area contributed by atoms with Crippen LogP contribution >= 0.6 is 0 Å². The molecule has 0 saturated carbocycles. The molecule has 3 N–H and O–H groups in total. The highest BCUT2D eigenvalue weighted by Crippen LogP contribution is 2.21. The molecule has 0 aromatic rings. The smallest absolute Gasteiger partial charge is 0.334 e. The molecule has 0 radical (unpaired) electrons. The molecule has 0 aliphatic carbocycles. The van der Waals surface area contributed by atoms with Crippen LogP contribution in [-0.4, -0.2) is 75.1 Å². The first-order chi connectivity index (χ1) is 23.8. The van der Waals surface area contributed by atoms with Gasteiger partial charge in [0, 0.05) is 32.3 Å². The fourth-order valence-corrected chi connectivity index (χ4v) is 5.05. The lowest BCUT2D eigenvalue weighted by atomic mass is 9.96. The second-order valence-corrected chi connectivity index (χ2v) is 12.8. The number of nitrogens with one attached hydrogen (secondary N) is 2. The van der Waals surface area contributed by atoms with Crippen molar-refractivity contribution in [1.82, 2.24) is 10.6 Å². The Kier molecular flexibility index (Phi) is 22.0. The standard InChI is InChI=1S/C41H60N2O7/c1-29-14-12-18-36(48-8)17-11-10-16-33(5)39(34(6)23-22-32(4)26-42-40(46)38(27-44)43-28-45)50-41(47)35(7)24-30(2)20-21-31(3)25-37(49-9)19-13-15-29/h10-11,13-17,20-25,28,30,33,36-39,44H,12,18-19,26-27H2,1-9H3,(H,42,46)(H,43,45)/b15-13+,16-10+,17-11+,21-20+,29-14+,31-25+,32-22+,34-23+,35-24+/t30?,33?,36?,37?,38-,39?/m0/s1. The van der Waals surface area contributed by atoms with Crippen molar-refractivity contribution < 1.29 is 33.7 Å². The maximum atomic E-state index is 13.4. The van der Waals surface area contributed by atoms with Crippen LogP contribution in [-0.2, 0) is 28.6 Å². The molecule has 0 spiro atoms. The lowest BCUT2D eigenvalue weighted by molar-refractivity contribution is -0.144. The average molecular weight is 693 g/mol. The molecule has 1 aliphatic rings. The number of esters is 1. The minimum absolute atomic E-state index is 0.00986. The van der Waals surface area contributed by atoms with Crippen LogP contribution in [0.2, 0.25) is 0 Å². The molecular weight excluding hydrogens is 632 g/mol. The van der Waals surface area contributed by atoms with Crippen LogP contribution in [0.3, 0.4) is 0 Å². The van der Waals surface area contributed by atoms with Gasteiger partial charge in [-0.3, -0.25) is 9.59 Å². The van der Waals surface area contributed by atoms with Crippen LogP contribution < -0.4 is 10.6 Å². The largest absolute Gasteiger partial charge is 0.454 e. The Morgan fingerprint density at radius 3 is 2.36 bits per heavy atom. The molecule has 0 saturated heterocycles. The summed E-state index contributed by atoms with van der Waals surface area (Å²) in [4.78, 5) is 36.3. The number of allylic oxidation sites excluding steroid dienone is 11. The average Bonchev–Trinajstić information content (AvgIpc) is 3.09. The Labute approximate surface area is 300 Å². The second kappa shape index (κ2) is 25.0. The number of methoxy groups -OCH3 is 2. The summed E-state index contributed by atoms with van der Waals surface area (Å²) in [5.41, 5.74) is 4.42. The topological polar surface area (TPSA) is 123 Å². The lowest BCUT2D eigenvalue weighted by Crippen LogP contribution is -2.46. The predicted molar refractivity (Wildman–Crippen MR) is 202 cm³/mol. The second-order valence-electron chi connectivity index (χ2n) is 12.8. The van der Waals surface area contributed by atoms with Gasteiger partial charge in [0.2, 0.25) is 12.3 Å². The van der Waals surface area contributed by atoms with E-state index in [9.17, 15) is 19.5 Å². The van der Waals surface area contributed by atoms with Gasteiger partial charge < -0.3 is 30.0 Å². The highest BCUT2D eigenvalue weighted by atomic mass is 16.5. The van der Waals surface area contributed by atoms with Crippen molar-refractivity contribution in [2.45, 2.75) is 92.1 Å². The summed E-state index contributed by atoms with van der Waals surface area (Å²) in [6.45, 7) is 13.4. The molecule has 50 heavy (non-hydrogen) atoms. The summed E-state index contributed by atoms with van der Waals surface area (Å²) >= 11 is 0. The van der Waals surface area contributed by atoms with Gasteiger partial charge in [-0.15, -0.1) is 0 Å². The Morgan fingerprint density at radius 1 is 1.00 bits per heavy atom. The number of hydrogen-bond donors (Lipinski definition) is 3. The molecule has 276 valence electrons. The van der Waals surface area contributed by atoms with Gasteiger partial charge in [0.25, 0.3) is 0 Å². The normalized spacial score (nSPS) is 30.3. The van der Waals surface area contributed by atoms with E-state index in [0.717, 1.165) is 36.0 Å². The monoisotopic (exact) mass is 692 g/mol. The van der Waals surface area contributed by atoms with Gasteiger partial charge in [0.15, 0.2) is 0 Å². The summed E-state index contributed by atoms with van der Waals surface area (Å²) in [5.74, 6) is -1.06. The van der Waals surface area contributed by atoms with Crippen LogP contribution in [0.5, 0.6) is 0 Å². The minimum atomic E-state index is -1.02. The van der Waals surface area contributed by atoms with Gasteiger partial charge in [0.05, 0.1) is 18.8 Å². The van der Waals surface area contributed by atoms with E-state index in [-0.39, 0.29) is 30.6 Å². The molecule has 9 heteroatoms. The van der Waals surface area contributed by atoms with Crippen LogP contribution in [0.15, 0.2) is 107 Å². The van der Waals surface area contributed by atoms with Crippen molar-refractivity contribution in [3.05, 3.63) is 107 Å². The summed E-state index contributed by atoms with van der Waals surface area (Å²) in [6, 6.07) is -1.02. The number of aliphatic hydroxyl groups is 1. The van der Waals surface area contributed by atoms with Gasteiger partial charge in [-0.25, -0.2) is 4.79 Å². The molecule has 0 aromatic carbocycles. The molecule has 9 nitrogen and oxygen atoms in total.